The van der Waals surface area contributed by atoms with Crippen molar-refractivity contribution in [1.29, 1.82) is 0 Å². The lowest BCUT2D eigenvalue weighted by molar-refractivity contribution is -0.294. The number of aliphatic hydroxyl groups excluding tert-OH is 1. The molecule has 2 fully saturated rings. The normalized spacial score (nSPS) is 32.8. The summed E-state index contributed by atoms with van der Waals surface area (Å²) in [5.74, 6) is -3.54. The van der Waals surface area contributed by atoms with Crippen molar-refractivity contribution in [3.63, 3.8) is 0 Å². The van der Waals surface area contributed by atoms with Gasteiger partial charge >= 0.3 is 0 Å². The van der Waals surface area contributed by atoms with E-state index in [0.717, 1.165) is 6.92 Å². The van der Waals surface area contributed by atoms with Crippen LogP contribution in [0.3, 0.4) is 0 Å². The van der Waals surface area contributed by atoms with Crippen LogP contribution < -0.4 is 4.74 Å². The summed E-state index contributed by atoms with van der Waals surface area (Å²) in [7, 11) is 1.32. The smallest absolute Gasteiger partial charge is 0.202 e. The van der Waals surface area contributed by atoms with Gasteiger partial charge in [-0.3, -0.25) is 14.4 Å². The number of phenols is 2. The van der Waals surface area contributed by atoms with E-state index < -0.39 is 114 Å². The number of hydrogen-bond acceptors (Lipinski definition) is 14. The Morgan fingerprint density at radius 2 is 1.57 bits per heavy atom. The monoisotopic (exact) mass is 708 g/mol. The molecule has 0 amide bonds. The van der Waals surface area contributed by atoms with Gasteiger partial charge in [0.05, 0.1) is 66.4 Å². The van der Waals surface area contributed by atoms with Crippen LogP contribution in [0, 0.1) is 0 Å². The number of nitrogens with zero attached hydrogens (tertiary/aromatic N) is 6. The number of Topliss-reactive ketones (excluding diaryl/α,β-unsaturated/α-hetero) is 1. The number of carbonyl (C=O) groups excluding carboxylic acids is 3. The molecule has 18 nitrogen and oxygen atoms in total. The third kappa shape index (κ3) is 6.15. The molecule has 8 unspecified atom stereocenters. The van der Waals surface area contributed by atoms with Crippen LogP contribution in [0.1, 0.15) is 89.1 Å². The van der Waals surface area contributed by atoms with Crippen molar-refractivity contribution in [1.82, 2.24) is 0 Å². The first-order valence-corrected chi connectivity index (χ1v) is 16.2. The van der Waals surface area contributed by atoms with Gasteiger partial charge < -0.3 is 44.1 Å². The first-order chi connectivity index (χ1) is 24.2. The van der Waals surface area contributed by atoms with Gasteiger partial charge in [-0.05, 0) is 37.9 Å². The van der Waals surface area contributed by atoms with Gasteiger partial charge in [0.1, 0.15) is 22.8 Å². The summed E-state index contributed by atoms with van der Waals surface area (Å²) in [4.78, 5) is 46.1. The molecule has 10 atom stereocenters. The number of phenolic OH excluding ortho intramolecular Hbond substituents is 2. The Kier molecular flexibility index (Phi) is 9.71. The molecular weight excluding hydrogens is 672 g/mol. The SMILES string of the molecule is COc1cccc2c1C(=O)c1c(O)c3c(c(O)c1C2=O)C[C@@](O)(C(C)=O)C[C@@H]3OC1CC(N=[N+]=[N-])C(OC2CC(N=[N+]=[N-])C(O)C(C)O2)C(C)O1. The Labute approximate surface area is 290 Å². The Hall–Kier alpha value is -4.77. The van der Waals surface area contributed by atoms with Gasteiger partial charge in [-0.2, -0.15) is 0 Å². The van der Waals surface area contributed by atoms with Crippen molar-refractivity contribution in [3.8, 4) is 17.2 Å². The summed E-state index contributed by atoms with van der Waals surface area (Å²) in [6, 6.07) is 2.59. The number of azide groups is 2. The number of aromatic hydroxyl groups is 2. The molecule has 2 heterocycles. The quantitative estimate of drug-likeness (QED) is 0.113. The van der Waals surface area contributed by atoms with Gasteiger partial charge in [0, 0.05) is 52.2 Å². The maximum Gasteiger partial charge on any atom is 0.202 e. The summed E-state index contributed by atoms with van der Waals surface area (Å²) in [5.41, 5.74) is 14.8. The van der Waals surface area contributed by atoms with Crippen molar-refractivity contribution in [2.45, 2.75) is 107 Å². The molecule has 0 bridgehead atoms. The van der Waals surface area contributed by atoms with Crippen molar-refractivity contribution in [2.75, 3.05) is 7.11 Å². The fourth-order valence-electron chi connectivity index (χ4n) is 7.44. The predicted octanol–water partition coefficient (Wildman–Crippen LogP) is 3.58. The predicted molar refractivity (Wildman–Crippen MR) is 172 cm³/mol. The van der Waals surface area contributed by atoms with Gasteiger partial charge in [0.2, 0.25) is 5.78 Å². The highest BCUT2D eigenvalue weighted by Crippen LogP contribution is 2.52. The minimum atomic E-state index is -2.11. The van der Waals surface area contributed by atoms with Crippen molar-refractivity contribution < 1.29 is 58.5 Å². The molecule has 0 radical (unpaired) electrons. The molecule has 0 aromatic heterocycles. The molecule has 2 aliphatic heterocycles. The second-order valence-electron chi connectivity index (χ2n) is 13.1. The summed E-state index contributed by atoms with van der Waals surface area (Å²) in [6.07, 6.45) is -8.16. The molecule has 18 heteroatoms. The number of aliphatic hydroxyl groups is 2. The van der Waals surface area contributed by atoms with Crippen molar-refractivity contribution in [3.05, 3.63) is 72.5 Å². The van der Waals surface area contributed by atoms with Gasteiger partial charge in [0.25, 0.3) is 0 Å². The lowest BCUT2D eigenvalue weighted by Gasteiger charge is -2.44. The van der Waals surface area contributed by atoms with Crippen LogP contribution in [0.15, 0.2) is 28.4 Å². The molecule has 2 saturated heterocycles. The Morgan fingerprint density at radius 3 is 2.24 bits per heavy atom. The number of benzene rings is 2. The molecule has 2 aromatic rings. The Bertz CT molecular complexity index is 1890. The summed E-state index contributed by atoms with van der Waals surface area (Å²) >= 11 is 0. The number of carbonyl (C=O) groups is 3. The van der Waals surface area contributed by atoms with Gasteiger partial charge in [-0.15, -0.1) is 0 Å². The number of fused-ring (bicyclic) bond motifs is 3. The number of ether oxygens (including phenoxy) is 5. The fraction of sp³-hybridized carbons (Fsp3) is 0.545. The van der Waals surface area contributed by atoms with E-state index in [4.69, 9.17) is 29.2 Å². The van der Waals surface area contributed by atoms with E-state index >= 15 is 0 Å². The third-order valence-corrected chi connectivity index (χ3v) is 10.1. The number of methoxy groups -OCH3 is 1. The van der Waals surface area contributed by atoms with Crippen molar-refractivity contribution >= 4 is 17.3 Å². The van der Waals surface area contributed by atoms with Crippen LogP contribution >= 0.6 is 0 Å². The highest BCUT2D eigenvalue weighted by Gasteiger charge is 2.50. The van der Waals surface area contributed by atoms with E-state index in [2.05, 4.69) is 20.1 Å². The molecule has 2 aromatic carbocycles. The zero-order valence-electron chi connectivity index (χ0n) is 28.0. The summed E-state index contributed by atoms with van der Waals surface area (Å²) in [5, 5.41) is 52.7. The maximum atomic E-state index is 13.9. The maximum absolute atomic E-state index is 13.9. The molecule has 2 aliphatic carbocycles. The topological polar surface area (TPSA) is 276 Å². The van der Waals surface area contributed by atoms with Crippen LogP contribution in [0.2, 0.25) is 0 Å². The fourth-order valence-corrected chi connectivity index (χ4v) is 7.44. The first-order valence-electron chi connectivity index (χ1n) is 16.2. The minimum Gasteiger partial charge on any atom is -0.507 e. The highest BCUT2D eigenvalue weighted by molar-refractivity contribution is 6.31. The van der Waals surface area contributed by atoms with E-state index in [1.807, 2.05) is 0 Å². The Morgan fingerprint density at radius 1 is 0.941 bits per heavy atom. The van der Waals surface area contributed by atoms with Crippen LogP contribution in [0.4, 0.5) is 0 Å². The second-order valence-corrected chi connectivity index (χ2v) is 13.1. The Balaban J connectivity index is 1.34. The average molecular weight is 709 g/mol. The number of hydrogen-bond donors (Lipinski definition) is 4. The van der Waals surface area contributed by atoms with Crippen LogP contribution in [-0.4, -0.2) is 99.6 Å². The van der Waals surface area contributed by atoms with Crippen LogP contribution in [0.25, 0.3) is 20.9 Å². The lowest BCUT2D eigenvalue weighted by Crippen LogP contribution is -2.53. The molecular formula is C33H36N6O12. The summed E-state index contributed by atoms with van der Waals surface area (Å²) in [6.45, 7) is 4.34. The van der Waals surface area contributed by atoms with E-state index in [0.29, 0.717) is 0 Å². The zero-order chi connectivity index (χ0) is 36.9. The molecule has 4 aliphatic rings. The molecule has 0 saturated carbocycles. The first kappa shape index (κ1) is 36.0. The van der Waals surface area contributed by atoms with Gasteiger partial charge in [-0.1, -0.05) is 22.4 Å². The van der Waals surface area contributed by atoms with Crippen LogP contribution in [-0.2, 0) is 30.2 Å². The average Bonchev–Trinajstić information content (AvgIpc) is 3.08. The highest BCUT2D eigenvalue weighted by atomic mass is 16.7. The van der Waals surface area contributed by atoms with E-state index in [9.17, 15) is 40.3 Å². The zero-order valence-corrected chi connectivity index (χ0v) is 28.0. The second kappa shape index (κ2) is 13.7. The minimum absolute atomic E-state index is 0.00878. The molecule has 0 spiro atoms. The van der Waals surface area contributed by atoms with Crippen LogP contribution in [0.5, 0.6) is 17.2 Å². The largest absolute Gasteiger partial charge is 0.507 e. The van der Waals surface area contributed by atoms with E-state index in [1.54, 1.807) is 13.8 Å². The molecule has 4 N–H and O–H groups in total. The number of rotatable bonds is 8. The molecule has 270 valence electrons. The van der Waals surface area contributed by atoms with E-state index in [-0.39, 0.29) is 40.8 Å². The van der Waals surface area contributed by atoms with Gasteiger partial charge in [0.15, 0.2) is 24.1 Å². The van der Waals surface area contributed by atoms with E-state index in [1.165, 1.54) is 25.3 Å². The van der Waals surface area contributed by atoms with Crippen molar-refractivity contribution in [2.24, 2.45) is 10.2 Å². The summed E-state index contributed by atoms with van der Waals surface area (Å²) < 4.78 is 29.6. The third-order valence-electron chi connectivity index (χ3n) is 10.1. The molecule has 51 heavy (non-hydrogen) atoms. The standard InChI is InChI=1S/C33H36N6O12/c1-12-27(41)17(36-38-34)8-22(48-12)51-32-13(2)49-21(9-18(32)37-39-35)50-20-11-33(46,14(3)40)10-16-24(20)31(45)26-25(29(16)43)28(42)15-6-5-7-19(47-4)23(15)30(26)44/h5-7,12-13,17-18,20-22,27,32,41,43,45-46H,8-11H2,1-4H3/t12?,13?,17?,18?,20-,21?,22?,27?,32?,33-/m0/s1. The van der Waals surface area contributed by atoms with Gasteiger partial charge in [-0.25, -0.2) is 0 Å². The number of ketones is 3. The molecule has 6 rings (SSSR count). The lowest BCUT2D eigenvalue weighted by atomic mass is 9.72.